The molecule has 0 bridgehead atoms. The van der Waals surface area contributed by atoms with E-state index in [1.54, 1.807) is 30.3 Å². The Bertz CT molecular complexity index is 1630. The predicted octanol–water partition coefficient (Wildman–Crippen LogP) is 5.14. The number of carboxylic acid groups (broad SMARTS) is 1. The van der Waals surface area contributed by atoms with E-state index in [-0.39, 0.29) is 40.8 Å². The lowest BCUT2D eigenvalue weighted by atomic mass is 10.1. The average Bonchev–Trinajstić information content (AvgIpc) is 3.28. The number of ether oxygens (including phenoxy) is 2. The number of imidazole rings is 1. The third-order valence-electron chi connectivity index (χ3n) is 7.87. The number of anilines is 1. The van der Waals surface area contributed by atoms with Crippen LogP contribution in [0.15, 0.2) is 48.5 Å². The number of rotatable bonds is 9. The van der Waals surface area contributed by atoms with E-state index in [1.807, 2.05) is 0 Å². The number of nitrogens with zero attached hydrogens (tertiary/aromatic N) is 5. The molecule has 2 aliphatic heterocycles. The van der Waals surface area contributed by atoms with Crippen molar-refractivity contribution in [1.29, 1.82) is 0 Å². The topological polar surface area (TPSA) is 93.0 Å². The molecule has 0 radical (unpaired) electrons. The molecule has 1 N–H and O–H groups in total. The summed E-state index contributed by atoms with van der Waals surface area (Å²) in [5, 5.41) is 9.78. The first-order chi connectivity index (χ1) is 20.2. The van der Waals surface area contributed by atoms with Crippen molar-refractivity contribution < 1.29 is 28.2 Å². The summed E-state index contributed by atoms with van der Waals surface area (Å²) in [7, 11) is 0. The van der Waals surface area contributed by atoms with Gasteiger partial charge in [-0.05, 0) is 55.8 Å². The molecule has 220 valence electrons. The molecule has 4 heterocycles. The number of aromatic carboxylic acids is 1. The largest absolute Gasteiger partial charge is 0.478 e. The van der Waals surface area contributed by atoms with Crippen LogP contribution < -0.4 is 9.64 Å². The van der Waals surface area contributed by atoms with Crippen LogP contribution in [0.25, 0.3) is 11.0 Å². The molecule has 0 saturated carbocycles. The number of hydrogen-bond acceptors (Lipinski definition) is 7. The van der Waals surface area contributed by atoms with Gasteiger partial charge >= 0.3 is 5.97 Å². The quantitative estimate of drug-likeness (QED) is 0.284. The summed E-state index contributed by atoms with van der Waals surface area (Å²) in [6.45, 7) is 5.84. The zero-order valence-electron chi connectivity index (χ0n) is 23.0. The first kappa shape index (κ1) is 28.3. The predicted molar refractivity (Wildman–Crippen MR) is 153 cm³/mol. The fourth-order valence-corrected chi connectivity index (χ4v) is 5.52. The van der Waals surface area contributed by atoms with Crippen LogP contribution in [0.4, 0.5) is 14.6 Å². The molecule has 12 heteroatoms. The minimum atomic E-state index is -0.976. The van der Waals surface area contributed by atoms with E-state index < -0.39 is 17.6 Å². The van der Waals surface area contributed by atoms with E-state index in [2.05, 4.69) is 26.3 Å². The van der Waals surface area contributed by atoms with Gasteiger partial charge in [-0.25, -0.2) is 18.6 Å². The summed E-state index contributed by atoms with van der Waals surface area (Å²) in [6.07, 6.45) is 1.04. The molecule has 2 saturated heterocycles. The Morgan fingerprint density at radius 2 is 1.95 bits per heavy atom. The third-order valence-corrected chi connectivity index (χ3v) is 8.10. The number of fused-ring (bicyclic) bond motifs is 1. The summed E-state index contributed by atoms with van der Waals surface area (Å²) in [5.74, 6) is -0.890. The first-order valence-corrected chi connectivity index (χ1v) is 14.2. The van der Waals surface area contributed by atoms with Crippen molar-refractivity contribution in [3.8, 4) is 5.88 Å². The van der Waals surface area contributed by atoms with E-state index in [4.69, 9.17) is 26.1 Å². The number of carboxylic acids is 1. The fourth-order valence-electron chi connectivity index (χ4n) is 5.36. The van der Waals surface area contributed by atoms with Crippen LogP contribution >= 0.6 is 11.6 Å². The van der Waals surface area contributed by atoms with Gasteiger partial charge in [0.15, 0.2) is 5.82 Å². The number of piperazine rings is 1. The van der Waals surface area contributed by atoms with Crippen LogP contribution in [0.3, 0.4) is 0 Å². The molecule has 0 aliphatic carbocycles. The molecule has 2 aromatic carbocycles. The zero-order chi connectivity index (χ0) is 29.4. The maximum absolute atomic E-state index is 14.5. The van der Waals surface area contributed by atoms with Gasteiger partial charge in [-0.3, -0.25) is 4.90 Å². The molecule has 2 atom stereocenters. The van der Waals surface area contributed by atoms with E-state index >= 15 is 0 Å². The normalized spacial score (nSPS) is 19.2. The van der Waals surface area contributed by atoms with Gasteiger partial charge in [0.25, 0.3) is 5.88 Å². The maximum Gasteiger partial charge on any atom is 0.335 e. The molecule has 0 amide bonds. The van der Waals surface area contributed by atoms with E-state index in [0.29, 0.717) is 38.5 Å². The van der Waals surface area contributed by atoms with Gasteiger partial charge in [0.1, 0.15) is 24.1 Å². The van der Waals surface area contributed by atoms with Gasteiger partial charge in [-0.2, -0.15) is 4.98 Å². The molecule has 2 aromatic heterocycles. The summed E-state index contributed by atoms with van der Waals surface area (Å²) < 4.78 is 42.0. The van der Waals surface area contributed by atoms with E-state index in [0.717, 1.165) is 29.9 Å². The molecule has 9 nitrogen and oxygen atoms in total. The second-order valence-electron chi connectivity index (χ2n) is 10.7. The summed E-state index contributed by atoms with van der Waals surface area (Å²) in [4.78, 5) is 25.3. The third kappa shape index (κ3) is 5.90. The van der Waals surface area contributed by atoms with Gasteiger partial charge in [0, 0.05) is 42.9 Å². The van der Waals surface area contributed by atoms with Gasteiger partial charge in [0.2, 0.25) is 0 Å². The maximum atomic E-state index is 14.5. The standard InChI is InChI=1S/C30H30ClF2N5O4/c1-18-14-37(27-7-5-23(32)29(35-27)42-17-20-2-4-21(31)13-24(20)33)10-9-36(18)16-28-34-25-6-3-19(30(39)40)12-26(25)38(28)15-22-8-11-41-22/h2-7,12-13,18,22H,8-11,14-17H2,1H3,(H,39,40)/t18-,22+/m0/s1. The van der Waals surface area contributed by atoms with Crippen molar-refractivity contribution in [3.05, 3.63) is 82.1 Å². The molecule has 2 aliphatic rings. The van der Waals surface area contributed by atoms with Crippen molar-refractivity contribution >= 4 is 34.4 Å². The Kier molecular flexibility index (Phi) is 7.98. The molecular weight excluding hydrogens is 568 g/mol. The number of benzene rings is 2. The van der Waals surface area contributed by atoms with Crippen molar-refractivity contribution in [2.45, 2.75) is 45.2 Å². The lowest BCUT2D eigenvalue weighted by Gasteiger charge is -2.40. The number of carbonyl (C=O) groups is 1. The second-order valence-corrected chi connectivity index (χ2v) is 11.1. The Balaban J connectivity index is 1.15. The Hall–Kier alpha value is -3.80. The summed E-state index contributed by atoms with van der Waals surface area (Å²) in [5.41, 5.74) is 2.01. The first-order valence-electron chi connectivity index (χ1n) is 13.8. The molecule has 6 rings (SSSR count). The summed E-state index contributed by atoms with van der Waals surface area (Å²) in [6, 6.07) is 12.3. The van der Waals surface area contributed by atoms with Crippen LogP contribution in [0.2, 0.25) is 5.02 Å². The Morgan fingerprint density at radius 3 is 2.67 bits per heavy atom. The lowest BCUT2D eigenvalue weighted by Crippen LogP contribution is -2.52. The Morgan fingerprint density at radius 1 is 1.12 bits per heavy atom. The van der Waals surface area contributed by atoms with Crippen molar-refractivity contribution in [2.75, 3.05) is 31.1 Å². The molecule has 0 spiro atoms. The summed E-state index contributed by atoms with van der Waals surface area (Å²) >= 11 is 5.81. The zero-order valence-corrected chi connectivity index (χ0v) is 23.7. The SMILES string of the molecule is C[C@H]1CN(c2ccc(F)c(OCc3ccc(Cl)cc3F)n2)CCN1Cc1nc2ccc(C(=O)O)cc2n1C[C@H]1CCO1. The highest BCUT2D eigenvalue weighted by atomic mass is 35.5. The molecule has 42 heavy (non-hydrogen) atoms. The van der Waals surface area contributed by atoms with Crippen LogP contribution in [-0.2, 0) is 24.4 Å². The fraction of sp³-hybridized carbons (Fsp3) is 0.367. The average molecular weight is 598 g/mol. The van der Waals surface area contributed by atoms with Gasteiger partial charge in [-0.1, -0.05) is 17.7 Å². The van der Waals surface area contributed by atoms with Gasteiger partial charge in [-0.15, -0.1) is 0 Å². The van der Waals surface area contributed by atoms with Crippen LogP contribution in [0.5, 0.6) is 5.88 Å². The highest BCUT2D eigenvalue weighted by molar-refractivity contribution is 6.30. The molecular formula is C30H30ClF2N5O4. The minimum absolute atomic E-state index is 0.0843. The molecule has 2 fully saturated rings. The van der Waals surface area contributed by atoms with Gasteiger partial charge in [0.05, 0.1) is 35.8 Å². The van der Waals surface area contributed by atoms with Crippen molar-refractivity contribution in [3.63, 3.8) is 0 Å². The van der Waals surface area contributed by atoms with E-state index in [9.17, 15) is 18.7 Å². The van der Waals surface area contributed by atoms with Crippen molar-refractivity contribution in [2.24, 2.45) is 0 Å². The number of halogens is 3. The number of hydrogen-bond donors (Lipinski definition) is 1. The monoisotopic (exact) mass is 597 g/mol. The number of pyridine rings is 1. The van der Waals surface area contributed by atoms with E-state index in [1.165, 1.54) is 18.2 Å². The van der Waals surface area contributed by atoms with Crippen molar-refractivity contribution in [1.82, 2.24) is 19.4 Å². The molecule has 0 unspecified atom stereocenters. The van der Waals surface area contributed by atoms with Gasteiger partial charge < -0.3 is 24.0 Å². The lowest BCUT2D eigenvalue weighted by molar-refractivity contribution is -0.0592. The number of aromatic nitrogens is 3. The Labute approximate surface area is 246 Å². The van der Waals surface area contributed by atoms with Crippen LogP contribution in [0.1, 0.15) is 35.1 Å². The highest BCUT2D eigenvalue weighted by Crippen LogP contribution is 2.27. The smallest absolute Gasteiger partial charge is 0.335 e. The highest BCUT2D eigenvalue weighted by Gasteiger charge is 2.28. The molecule has 4 aromatic rings. The minimum Gasteiger partial charge on any atom is -0.478 e. The van der Waals surface area contributed by atoms with Crippen LogP contribution in [0, 0.1) is 11.6 Å². The van der Waals surface area contributed by atoms with Crippen LogP contribution in [-0.4, -0.2) is 68.9 Å². The second kappa shape index (κ2) is 11.8.